The Labute approximate surface area is 125 Å². The molecule has 0 aliphatic heterocycles. The molecule has 0 saturated heterocycles. The van der Waals surface area contributed by atoms with Crippen LogP contribution in [0.2, 0.25) is 10.0 Å². The summed E-state index contributed by atoms with van der Waals surface area (Å²) in [5, 5.41) is 4.96. The largest absolute Gasteiger partial charge is 0.380 e. The van der Waals surface area contributed by atoms with Crippen molar-refractivity contribution < 1.29 is 0 Å². The molecule has 2 fully saturated rings. The van der Waals surface area contributed by atoms with Crippen LogP contribution in [0, 0.1) is 16.7 Å². The Balaban J connectivity index is 1.93. The molecule has 2 aliphatic rings. The van der Waals surface area contributed by atoms with Gasteiger partial charge in [-0.3, -0.25) is 0 Å². The van der Waals surface area contributed by atoms with Crippen molar-refractivity contribution in [3.63, 3.8) is 0 Å². The van der Waals surface area contributed by atoms with Gasteiger partial charge in [0.05, 0.1) is 15.7 Å². The minimum atomic E-state index is 0.318. The van der Waals surface area contributed by atoms with Gasteiger partial charge < -0.3 is 5.32 Å². The van der Waals surface area contributed by atoms with E-state index in [9.17, 15) is 0 Å². The van der Waals surface area contributed by atoms with Crippen LogP contribution in [-0.2, 0) is 0 Å². The number of rotatable bonds is 2. The number of hydrogen-bond donors (Lipinski definition) is 1. The molecule has 3 heteroatoms. The van der Waals surface area contributed by atoms with Crippen molar-refractivity contribution in [2.24, 2.45) is 16.7 Å². The van der Waals surface area contributed by atoms with Crippen LogP contribution < -0.4 is 5.32 Å². The van der Waals surface area contributed by atoms with E-state index in [4.69, 9.17) is 23.2 Å². The fourth-order valence-electron chi connectivity index (χ4n) is 4.43. The Morgan fingerprint density at radius 1 is 1.21 bits per heavy atom. The van der Waals surface area contributed by atoms with Gasteiger partial charge in [-0.25, -0.2) is 0 Å². The van der Waals surface area contributed by atoms with Gasteiger partial charge in [-0.15, -0.1) is 0 Å². The number of hydrogen-bond acceptors (Lipinski definition) is 1. The highest BCUT2D eigenvalue weighted by atomic mass is 35.5. The van der Waals surface area contributed by atoms with Crippen molar-refractivity contribution in [2.75, 3.05) is 5.32 Å². The van der Waals surface area contributed by atoms with E-state index in [0.29, 0.717) is 26.9 Å². The van der Waals surface area contributed by atoms with Crippen LogP contribution in [0.4, 0.5) is 5.69 Å². The van der Waals surface area contributed by atoms with E-state index in [0.717, 1.165) is 11.6 Å². The third-order valence-corrected chi connectivity index (χ3v) is 6.34. The molecule has 0 heterocycles. The summed E-state index contributed by atoms with van der Waals surface area (Å²) >= 11 is 12.4. The van der Waals surface area contributed by atoms with Gasteiger partial charge in [0.25, 0.3) is 0 Å². The van der Waals surface area contributed by atoms with Crippen molar-refractivity contribution in [3.05, 3.63) is 28.2 Å². The first kappa shape index (κ1) is 13.6. The molecule has 2 aliphatic carbocycles. The molecule has 1 N–H and O–H groups in total. The zero-order chi connectivity index (χ0) is 13.8. The summed E-state index contributed by atoms with van der Waals surface area (Å²) in [6.45, 7) is 7.19. The van der Waals surface area contributed by atoms with Crippen molar-refractivity contribution >= 4 is 28.9 Å². The van der Waals surface area contributed by atoms with Crippen LogP contribution in [-0.4, -0.2) is 6.04 Å². The number of benzene rings is 1. The van der Waals surface area contributed by atoms with E-state index < -0.39 is 0 Å². The van der Waals surface area contributed by atoms with Gasteiger partial charge >= 0.3 is 0 Å². The van der Waals surface area contributed by atoms with E-state index in [-0.39, 0.29) is 0 Å². The molecule has 1 nitrogen and oxygen atoms in total. The zero-order valence-corrected chi connectivity index (χ0v) is 13.3. The fourth-order valence-corrected chi connectivity index (χ4v) is 4.79. The smallest absolute Gasteiger partial charge is 0.0823 e. The third-order valence-electron chi connectivity index (χ3n) is 5.52. The normalized spacial score (nSPS) is 35.6. The average molecular weight is 298 g/mol. The number of nitrogens with one attached hydrogen (secondary N) is 1. The Morgan fingerprint density at radius 2 is 1.95 bits per heavy atom. The predicted octanol–water partition coefficient (Wildman–Crippen LogP) is 5.62. The maximum absolute atomic E-state index is 6.32. The van der Waals surface area contributed by atoms with E-state index in [1.807, 2.05) is 18.2 Å². The van der Waals surface area contributed by atoms with Gasteiger partial charge in [0, 0.05) is 6.04 Å². The first-order valence-electron chi connectivity index (χ1n) is 7.05. The molecular weight excluding hydrogens is 277 g/mol. The van der Waals surface area contributed by atoms with Gasteiger partial charge in [-0.05, 0) is 48.1 Å². The molecule has 1 aromatic rings. The van der Waals surface area contributed by atoms with Gasteiger partial charge in [-0.1, -0.05) is 50.0 Å². The molecule has 2 saturated carbocycles. The van der Waals surface area contributed by atoms with E-state index in [1.54, 1.807) is 0 Å². The Kier molecular flexibility index (Phi) is 3.07. The Hall–Kier alpha value is -0.400. The lowest BCUT2D eigenvalue weighted by molar-refractivity contribution is 0.155. The average Bonchev–Trinajstić information content (AvgIpc) is 2.81. The Morgan fingerprint density at radius 3 is 2.58 bits per heavy atom. The van der Waals surface area contributed by atoms with Gasteiger partial charge in [0.15, 0.2) is 0 Å². The summed E-state index contributed by atoms with van der Waals surface area (Å²) in [6.07, 6.45) is 4.01. The van der Waals surface area contributed by atoms with Gasteiger partial charge in [0.2, 0.25) is 0 Å². The number of fused-ring (bicyclic) bond motifs is 2. The molecule has 104 valence electrons. The highest BCUT2D eigenvalue weighted by molar-refractivity contribution is 6.43. The minimum absolute atomic E-state index is 0.318. The van der Waals surface area contributed by atoms with E-state index >= 15 is 0 Å². The highest BCUT2D eigenvalue weighted by Gasteiger charge is 2.59. The molecule has 0 amide bonds. The first-order valence-corrected chi connectivity index (χ1v) is 7.81. The monoisotopic (exact) mass is 297 g/mol. The van der Waals surface area contributed by atoms with Crippen LogP contribution in [0.15, 0.2) is 18.2 Å². The fraction of sp³-hybridized carbons (Fsp3) is 0.625. The molecular formula is C16H21Cl2N. The first-order chi connectivity index (χ1) is 8.84. The van der Waals surface area contributed by atoms with Crippen LogP contribution in [0.25, 0.3) is 0 Å². The molecule has 0 aromatic heterocycles. The van der Waals surface area contributed by atoms with Crippen LogP contribution >= 0.6 is 23.2 Å². The van der Waals surface area contributed by atoms with E-state index in [1.165, 1.54) is 19.3 Å². The van der Waals surface area contributed by atoms with E-state index in [2.05, 4.69) is 26.1 Å². The van der Waals surface area contributed by atoms with Crippen LogP contribution in [0.3, 0.4) is 0 Å². The SMILES string of the molecule is CC12CCC(C1)C(C)(C)C2Nc1cccc(Cl)c1Cl. The van der Waals surface area contributed by atoms with Gasteiger partial charge in [-0.2, -0.15) is 0 Å². The predicted molar refractivity (Wildman–Crippen MR) is 83.1 cm³/mol. The third kappa shape index (κ3) is 1.97. The van der Waals surface area contributed by atoms with Gasteiger partial charge in [0.1, 0.15) is 0 Å². The van der Waals surface area contributed by atoms with Crippen molar-refractivity contribution in [1.82, 2.24) is 0 Å². The Bertz CT molecular complexity index is 507. The second-order valence-electron chi connectivity index (χ2n) is 7.09. The summed E-state index contributed by atoms with van der Waals surface area (Å²) < 4.78 is 0. The molecule has 3 atom stereocenters. The van der Waals surface area contributed by atoms with Crippen LogP contribution in [0.1, 0.15) is 40.0 Å². The summed E-state index contributed by atoms with van der Waals surface area (Å²) in [5.74, 6) is 0.827. The standard InChI is InChI=1S/C16H21Cl2N/c1-15(2)10-7-8-16(3,9-10)14(15)19-12-6-4-5-11(17)13(12)18/h4-6,10,14,19H,7-9H2,1-3H3. The molecule has 1 aromatic carbocycles. The summed E-state index contributed by atoms with van der Waals surface area (Å²) in [5.41, 5.74) is 1.68. The molecule has 0 radical (unpaired) electrons. The molecule has 0 spiro atoms. The zero-order valence-electron chi connectivity index (χ0n) is 11.8. The minimum Gasteiger partial charge on any atom is -0.380 e. The molecule has 19 heavy (non-hydrogen) atoms. The lowest BCUT2D eigenvalue weighted by Gasteiger charge is -2.43. The highest BCUT2D eigenvalue weighted by Crippen LogP contribution is 2.63. The molecule has 3 unspecified atom stereocenters. The second kappa shape index (κ2) is 4.30. The van der Waals surface area contributed by atoms with Crippen molar-refractivity contribution in [3.8, 4) is 0 Å². The number of halogens is 2. The maximum Gasteiger partial charge on any atom is 0.0823 e. The maximum atomic E-state index is 6.32. The summed E-state index contributed by atoms with van der Waals surface area (Å²) in [7, 11) is 0. The quantitative estimate of drug-likeness (QED) is 0.747. The van der Waals surface area contributed by atoms with Crippen molar-refractivity contribution in [1.29, 1.82) is 0 Å². The van der Waals surface area contributed by atoms with Crippen molar-refractivity contribution in [2.45, 2.75) is 46.1 Å². The summed E-state index contributed by atoms with van der Waals surface area (Å²) in [4.78, 5) is 0. The second-order valence-corrected chi connectivity index (χ2v) is 7.88. The number of anilines is 1. The topological polar surface area (TPSA) is 12.0 Å². The lowest BCUT2D eigenvalue weighted by atomic mass is 9.68. The molecule has 2 bridgehead atoms. The van der Waals surface area contributed by atoms with Crippen LogP contribution in [0.5, 0.6) is 0 Å². The summed E-state index contributed by atoms with van der Waals surface area (Å²) in [6, 6.07) is 6.29. The lowest BCUT2D eigenvalue weighted by Crippen LogP contribution is -2.45. The molecule has 3 rings (SSSR count).